The van der Waals surface area contributed by atoms with Crippen LogP contribution in [0.25, 0.3) is 22.0 Å². The minimum Gasteiger partial charge on any atom is -0.481 e. The van der Waals surface area contributed by atoms with E-state index in [1.165, 1.54) is 24.4 Å². The molecule has 3 N–H and O–H groups in total. The molecular weight excluding hydrogens is 533 g/mol. The fraction of sp³-hybridized carbons (Fsp3) is 0.259. The maximum Gasteiger partial charge on any atom is 0.304 e. The van der Waals surface area contributed by atoms with Crippen molar-refractivity contribution in [2.24, 2.45) is 0 Å². The Balaban J connectivity index is 1.44. The monoisotopic (exact) mass is 556 g/mol. The number of pyridine rings is 1. The summed E-state index contributed by atoms with van der Waals surface area (Å²) >= 11 is 6.39. The molecular formula is C27H24ClF3N6O2. The Morgan fingerprint density at radius 1 is 1.13 bits per heavy atom. The van der Waals surface area contributed by atoms with E-state index in [4.69, 9.17) is 16.7 Å². The van der Waals surface area contributed by atoms with Crippen molar-refractivity contribution >= 4 is 40.1 Å². The van der Waals surface area contributed by atoms with Gasteiger partial charge in [-0.2, -0.15) is 0 Å². The molecule has 2 aromatic carbocycles. The topological polar surface area (TPSA) is 103 Å². The highest BCUT2D eigenvalue weighted by molar-refractivity contribution is 6.34. The Morgan fingerprint density at radius 3 is 2.62 bits per heavy atom. The van der Waals surface area contributed by atoms with Crippen LogP contribution in [-0.4, -0.2) is 58.1 Å². The van der Waals surface area contributed by atoms with Gasteiger partial charge in [-0.05, 0) is 23.8 Å². The zero-order chi connectivity index (χ0) is 27.5. The lowest BCUT2D eigenvalue weighted by atomic mass is 10.0. The van der Waals surface area contributed by atoms with Crippen LogP contribution >= 0.6 is 11.6 Å². The fourth-order valence-electron chi connectivity index (χ4n) is 4.64. The number of halogens is 4. The number of nitrogens with zero attached hydrogens (tertiary/aromatic N) is 4. The number of carboxylic acid groups (broad SMARTS) is 1. The predicted molar refractivity (Wildman–Crippen MR) is 143 cm³/mol. The van der Waals surface area contributed by atoms with Crippen molar-refractivity contribution < 1.29 is 23.1 Å². The quantitative estimate of drug-likeness (QED) is 0.274. The molecule has 0 amide bonds. The highest BCUT2D eigenvalue weighted by Gasteiger charge is 2.27. The molecule has 12 heteroatoms. The molecule has 1 saturated heterocycles. The first-order valence-electron chi connectivity index (χ1n) is 12.2. The molecule has 0 spiro atoms. The van der Waals surface area contributed by atoms with Crippen LogP contribution in [-0.2, 0) is 4.79 Å². The lowest BCUT2D eigenvalue weighted by molar-refractivity contribution is -0.137. The summed E-state index contributed by atoms with van der Waals surface area (Å²) in [4.78, 5) is 26.2. The summed E-state index contributed by atoms with van der Waals surface area (Å²) in [6.45, 7) is 1.72. The van der Waals surface area contributed by atoms with Crippen LogP contribution in [0.4, 0.5) is 24.8 Å². The van der Waals surface area contributed by atoms with E-state index in [1.807, 2.05) is 4.90 Å². The van der Waals surface area contributed by atoms with E-state index in [-0.39, 0.29) is 28.7 Å². The molecule has 2 unspecified atom stereocenters. The maximum atomic E-state index is 14.4. The Bertz CT molecular complexity index is 1490. The Hall–Kier alpha value is -3.96. The van der Waals surface area contributed by atoms with Crippen molar-refractivity contribution in [2.45, 2.75) is 24.9 Å². The van der Waals surface area contributed by atoms with Gasteiger partial charge in [-0.3, -0.25) is 9.78 Å². The smallest absolute Gasteiger partial charge is 0.304 e. The van der Waals surface area contributed by atoms with E-state index in [0.717, 1.165) is 6.07 Å². The molecule has 2 aromatic heterocycles. The summed E-state index contributed by atoms with van der Waals surface area (Å²) in [7, 11) is 0. The average molecular weight is 557 g/mol. The van der Waals surface area contributed by atoms with E-state index in [0.29, 0.717) is 47.6 Å². The number of rotatable bonds is 8. The van der Waals surface area contributed by atoms with Crippen molar-refractivity contribution in [1.29, 1.82) is 0 Å². The Kier molecular flexibility index (Phi) is 7.80. The number of aromatic nitrogens is 3. The van der Waals surface area contributed by atoms with E-state index >= 15 is 0 Å². The normalized spacial score (nSPS) is 16.4. The van der Waals surface area contributed by atoms with E-state index in [1.54, 1.807) is 30.6 Å². The van der Waals surface area contributed by atoms with Gasteiger partial charge >= 0.3 is 5.97 Å². The van der Waals surface area contributed by atoms with Crippen molar-refractivity contribution in [3.63, 3.8) is 0 Å². The number of benzene rings is 2. The summed E-state index contributed by atoms with van der Waals surface area (Å²) in [5.41, 5.74) is 1.91. The van der Waals surface area contributed by atoms with Crippen molar-refractivity contribution in [1.82, 2.24) is 20.3 Å². The SMILES string of the molecule is O=C(O)CC1CN(c2ncc(-c3ccc4ncc(Cl)c(NC(c5ccccc5F)C(F)F)c4c3)cn2)CCN1. The molecule has 39 heavy (non-hydrogen) atoms. The lowest BCUT2D eigenvalue weighted by Crippen LogP contribution is -2.52. The van der Waals surface area contributed by atoms with Gasteiger partial charge in [-0.1, -0.05) is 35.9 Å². The Labute approximate surface area is 226 Å². The van der Waals surface area contributed by atoms with Gasteiger partial charge in [-0.25, -0.2) is 23.1 Å². The zero-order valence-corrected chi connectivity index (χ0v) is 21.2. The second kappa shape index (κ2) is 11.4. The minimum absolute atomic E-state index is 0.00195. The molecule has 1 fully saturated rings. The van der Waals surface area contributed by atoms with Crippen LogP contribution in [0.1, 0.15) is 18.0 Å². The number of aliphatic carboxylic acids is 1. The summed E-state index contributed by atoms with van der Waals surface area (Å²) in [6.07, 6.45) is 1.74. The van der Waals surface area contributed by atoms with Gasteiger partial charge in [-0.15, -0.1) is 0 Å². The van der Waals surface area contributed by atoms with Crippen LogP contribution in [0.3, 0.4) is 0 Å². The average Bonchev–Trinajstić information content (AvgIpc) is 2.92. The lowest BCUT2D eigenvalue weighted by Gasteiger charge is -2.33. The highest BCUT2D eigenvalue weighted by atomic mass is 35.5. The van der Waals surface area contributed by atoms with Crippen LogP contribution in [0.5, 0.6) is 0 Å². The highest BCUT2D eigenvalue weighted by Crippen LogP contribution is 2.37. The molecule has 4 aromatic rings. The summed E-state index contributed by atoms with van der Waals surface area (Å²) < 4.78 is 42.5. The number of carbonyl (C=O) groups is 1. The van der Waals surface area contributed by atoms with Crippen molar-refractivity contribution in [3.8, 4) is 11.1 Å². The second-order valence-electron chi connectivity index (χ2n) is 9.16. The number of carboxylic acids is 1. The van der Waals surface area contributed by atoms with E-state index < -0.39 is 24.3 Å². The second-order valence-corrected chi connectivity index (χ2v) is 9.56. The molecule has 1 aliphatic rings. The first-order valence-corrected chi connectivity index (χ1v) is 12.6. The minimum atomic E-state index is -2.91. The summed E-state index contributed by atoms with van der Waals surface area (Å²) in [6, 6.07) is 8.81. The molecule has 1 aliphatic heterocycles. The maximum absolute atomic E-state index is 14.4. The standard InChI is InChI=1S/C27H24ClF3N6O2/c28-20-13-33-22-6-5-15(9-19(22)24(20)36-25(26(30)31)18-3-1-2-4-21(18)29)16-11-34-27(35-12-16)37-8-7-32-17(14-37)10-23(38)39/h1-6,9,11-13,17,25-26,32H,7-8,10,14H2,(H,33,36)(H,38,39). The molecule has 0 bridgehead atoms. The number of anilines is 2. The molecule has 202 valence electrons. The van der Waals surface area contributed by atoms with Gasteiger partial charge in [0.1, 0.15) is 11.9 Å². The van der Waals surface area contributed by atoms with Crippen LogP contribution < -0.4 is 15.5 Å². The first-order chi connectivity index (χ1) is 18.8. The zero-order valence-electron chi connectivity index (χ0n) is 20.5. The van der Waals surface area contributed by atoms with Gasteiger partial charge in [0.05, 0.1) is 22.6 Å². The van der Waals surface area contributed by atoms with E-state index in [9.17, 15) is 18.0 Å². The number of hydrogen-bond acceptors (Lipinski definition) is 7. The number of nitrogens with one attached hydrogen (secondary N) is 2. The number of hydrogen-bond donors (Lipinski definition) is 3. The molecule has 5 rings (SSSR count). The summed E-state index contributed by atoms with van der Waals surface area (Å²) in [5.74, 6) is -1.14. The van der Waals surface area contributed by atoms with Crippen molar-refractivity contribution in [3.05, 3.63) is 77.5 Å². The molecule has 2 atom stereocenters. The molecule has 3 heterocycles. The fourth-order valence-corrected chi connectivity index (χ4v) is 4.85. The van der Waals surface area contributed by atoms with E-state index in [2.05, 4.69) is 25.6 Å². The van der Waals surface area contributed by atoms with Crippen LogP contribution in [0, 0.1) is 5.82 Å². The van der Waals surface area contributed by atoms with Gasteiger partial charge in [0.25, 0.3) is 6.43 Å². The van der Waals surface area contributed by atoms with Crippen LogP contribution in [0.2, 0.25) is 5.02 Å². The molecule has 0 saturated carbocycles. The van der Waals surface area contributed by atoms with Gasteiger partial charge in [0, 0.05) is 60.8 Å². The number of piperazine rings is 1. The third-order valence-corrected chi connectivity index (χ3v) is 6.83. The summed E-state index contributed by atoms with van der Waals surface area (Å²) in [5, 5.41) is 15.6. The molecule has 0 radical (unpaired) electrons. The Morgan fingerprint density at radius 2 is 1.90 bits per heavy atom. The predicted octanol–water partition coefficient (Wildman–Crippen LogP) is 5.16. The molecule has 0 aliphatic carbocycles. The first kappa shape index (κ1) is 26.6. The van der Waals surface area contributed by atoms with Crippen molar-refractivity contribution in [2.75, 3.05) is 29.9 Å². The molecule has 8 nitrogen and oxygen atoms in total. The third kappa shape index (κ3) is 5.89. The number of alkyl halides is 2. The van der Waals surface area contributed by atoms with Crippen LogP contribution in [0.15, 0.2) is 61.1 Å². The van der Waals surface area contributed by atoms with Gasteiger partial charge in [0.2, 0.25) is 5.95 Å². The third-order valence-electron chi connectivity index (χ3n) is 6.54. The van der Waals surface area contributed by atoms with Gasteiger partial charge < -0.3 is 20.6 Å². The van der Waals surface area contributed by atoms with Gasteiger partial charge in [0.15, 0.2) is 0 Å². The number of fused-ring (bicyclic) bond motifs is 1. The largest absolute Gasteiger partial charge is 0.481 e.